The summed E-state index contributed by atoms with van der Waals surface area (Å²) >= 11 is 0. The monoisotopic (exact) mass is 237 g/mol. The molecule has 1 fully saturated rings. The van der Waals surface area contributed by atoms with Gasteiger partial charge < -0.3 is 10.4 Å². The second-order valence-electron chi connectivity index (χ2n) is 5.58. The van der Waals surface area contributed by atoms with Crippen molar-refractivity contribution >= 4 is 0 Å². The topological polar surface area (TPSA) is 50.1 Å². The zero-order valence-electron chi connectivity index (χ0n) is 10.8. The van der Waals surface area contributed by atoms with Gasteiger partial charge in [0, 0.05) is 31.4 Å². The molecule has 0 aliphatic carbocycles. The number of hydrogen-bond acceptors (Lipinski definition) is 3. The summed E-state index contributed by atoms with van der Waals surface area (Å²) in [5.74, 6) is 0.577. The molecule has 4 nitrogen and oxygen atoms in total. The Morgan fingerprint density at radius 1 is 1.59 bits per heavy atom. The van der Waals surface area contributed by atoms with Crippen LogP contribution in [0.2, 0.25) is 0 Å². The average molecular weight is 237 g/mol. The average Bonchev–Trinajstić information content (AvgIpc) is 2.65. The molecule has 96 valence electrons. The summed E-state index contributed by atoms with van der Waals surface area (Å²) in [6.07, 6.45) is 4.46. The van der Waals surface area contributed by atoms with Crippen molar-refractivity contribution in [2.75, 3.05) is 13.1 Å². The molecule has 0 spiro atoms. The summed E-state index contributed by atoms with van der Waals surface area (Å²) in [5.41, 5.74) is 0.553. The second-order valence-corrected chi connectivity index (χ2v) is 5.58. The summed E-state index contributed by atoms with van der Waals surface area (Å²) in [5, 5.41) is 18.1. The molecular formula is C13H23N3O. The standard InChI is InChI=1S/C13H23N3O/c1-11(2)9-16-12(4-7-15-16)8-13(17)5-3-6-14-10-13/h4,7,11,14,17H,3,5-6,8-10H2,1-2H3. The lowest BCUT2D eigenvalue weighted by Gasteiger charge is -2.32. The molecule has 0 aromatic carbocycles. The lowest BCUT2D eigenvalue weighted by atomic mass is 9.89. The van der Waals surface area contributed by atoms with Crippen LogP contribution >= 0.6 is 0 Å². The van der Waals surface area contributed by atoms with Gasteiger partial charge in [-0.1, -0.05) is 13.8 Å². The first-order chi connectivity index (χ1) is 8.09. The van der Waals surface area contributed by atoms with Gasteiger partial charge in [-0.3, -0.25) is 4.68 Å². The molecule has 2 N–H and O–H groups in total. The normalized spacial score (nSPS) is 25.4. The van der Waals surface area contributed by atoms with Crippen molar-refractivity contribution in [3.05, 3.63) is 18.0 Å². The van der Waals surface area contributed by atoms with E-state index >= 15 is 0 Å². The lowest BCUT2D eigenvalue weighted by Crippen LogP contribution is -2.47. The van der Waals surface area contributed by atoms with Crippen molar-refractivity contribution in [2.24, 2.45) is 5.92 Å². The fourth-order valence-corrected chi connectivity index (χ4v) is 2.46. The van der Waals surface area contributed by atoms with E-state index in [1.165, 1.54) is 0 Å². The molecule has 1 aliphatic heterocycles. The van der Waals surface area contributed by atoms with Gasteiger partial charge in [0.2, 0.25) is 0 Å². The van der Waals surface area contributed by atoms with Crippen LogP contribution in [0.5, 0.6) is 0 Å². The minimum atomic E-state index is -0.590. The zero-order chi connectivity index (χ0) is 12.3. The molecule has 1 aromatic heterocycles. The van der Waals surface area contributed by atoms with Gasteiger partial charge in [0.1, 0.15) is 0 Å². The number of nitrogens with zero attached hydrogens (tertiary/aromatic N) is 2. The van der Waals surface area contributed by atoms with E-state index in [-0.39, 0.29) is 0 Å². The Balaban J connectivity index is 2.04. The van der Waals surface area contributed by atoms with Crippen LogP contribution in [0.1, 0.15) is 32.4 Å². The van der Waals surface area contributed by atoms with Gasteiger partial charge in [0.05, 0.1) is 5.60 Å². The lowest BCUT2D eigenvalue weighted by molar-refractivity contribution is 0.0150. The first kappa shape index (κ1) is 12.6. The Kier molecular flexibility index (Phi) is 3.84. The predicted molar refractivity (Wildman–Crippen MR) is 67.8 cm³/mol. The van der Waals surface area contributed by atoms with Gasteiger partial charge in [-0.25, -0.2) is 0 Å². The molecule has 1 unspecified atom stereocenters. The number of piperidine rings is 1. The Morgan fingerprint density at radius 3 is 3.06 bits per heavy atom. The first-order valence-electron chi connectivity index (χ1n) is 6.53. The Labute approximate surface area is 103 Å². The number of rotatable bonds is 4. The van der Waals surface area contributed by atoms with Crippen molar-refractivity contribution in [1.29, 1.82) is 0 Å². The quantitative estimate of drug-likeness (QED) is 0.827. The van der Waals surface area contributed by atoms with Crippen LogP contribution in [0, 0.1) is 5.92 Å². The van der Waals surface area contributed by atoms with E-state index in [1.54, 1.807) is 0 Å². The van der Waals surface area contributed by atoms with Crippen molar-refractivity contribution in [3.63, 3.8) is 0 Å². The second kappa shape index (κ2) is 5.19. The van der Waals surface area contributed by atoms with Gasteiger partial charge in [-0.05, 0) is 31.4 Å². The molecule has 0 radical (unpaired) electrons. The molecule has 4 heteroatoms. The van der Waals surface area contributed by atoms with Crippen LogP contribution in [-0.2, 0) is 13.0 Å². The maximum Gasteiger partial charge on any atom is 0.0827 e. The van der Waals surface area contributed by atoms with E-state index in [9.17, 15) is 5.11 Å². The zero-order valence-corrected chi connectivity index (χ0v) is 10.8. The molecule has 0 bridgehead atoms. The smallest absolute Gasteiger partial charge is 0.0827 e. The number of aromatic nitrogens is 2. The third kappa shape index (κ3) is 3.30. The van der Waals surface area contributed by atoms with Crippen molar-refractivity contribution in [1.82, 2.24) is 15.1 Å². The van der Waals surface area contributed by atoms with Crippen LogP contribution in [0.25, 0.3) is 0 Å². The third-order valence-corrected chi connectivity index (χ3v) is 3.30. The van der Waals surface area contributed by atoms with E-state index in [1.807, 2.05) is 16.9 Å². The third-order valence-electron chi connectivity index (χ3n) is 3.30. The number of aliphatic hydroxyl groups is 1. The van der Waals surface area contributed by atoms with Gasteiger partial charge in [-0.2, -0.15) is 5.10 Å². The van der Waals surface area contributed by atoms with E-state index in [2.05, 4.69) is 24.3 Å². The molecule has 17 heavy (non-hydrogen) atoms. The Bertz CT molecular complexity index is 353. The van der Waals surface area contributed by atoms with E-state index in [0.29, 0.717) is 18.9 Å². The highest BCUT2D eigenvalue weighted by atomic mass is 16.3. The van der Waals surface area contributed by atoms with Gasteiger partial charge in [0.15, 0.2) is 0 Å². The summed E-state index contributed by atoms with van der Waals surface area (Å²) in [6, 6.07) is 2.02. The molecule has 2 rings (SSSR count). The maximum absolute atomic E-state index is 10.5. The maximum atomic E-state index is 10.5. The molecular weight excluding hydrogens is 214 g/mol. The molecule has 1 saturated heterocycles. The van der Waals surface area contributed by atoms with Crippen molar-refractivity contribution < 1.29 is 5.11 Å². The molecule has 2 heterocycles. The van der Waals surface area contributed by atoms with Crippen LogP contribution in [0.4, 0.5) is 0 Å². The van der Waals surface area contributed by atoms with Gasteiger partial charge >= 0.3 is 0 Å². The van der Waals surface area contributed by atoms with E-state index < -0.39 is 5.60 Å². The van der Waals surface area contributed by atoms with Crippen LogP contribution in [0.3, 0.4) is 0 Å². The number of hydrogen-bond donors (Lipinski definition) is 2. The first-order valence-corrected chi connectivity index (χ1v) is 6.53. The predicted octanol–water partition coefficient (Wildman–Crippen LogP) is 1.20. The molecule has 1 atom stereocenters. The highest BCUT2D eigenvalue weighted by Gasteiger charge is 2.30. The van der Waals surface area contributed by atoms with Gasteiger partial charge in [0.25, 0.3) is 0 Å². The fourth-order valence-electron chi connectivity index (χ4n) is 2.46. The summed E-state index contributed by atoms with van der Waals surface area (Å²) in [7, 11) is 0. The van der Waals surface area contributed by atoms with E-state index in [0.717, 1.165) is 31.6 Å². The summed E-state index contributed by atoms with van der Waals surface area (Å²) in [4.78, 5) is 0. The van der Waals surface area contributed by atoms with E-state index in [4.69, 9.17) is 0 Å². The van der Waals surface area contributed by atoms with Gasteiger partial charge in [-0.15, -0.1) is 0 Å². The van der Waals surface area contributed by atoms with Crippen molar-refractivity contribution in [3.8, 4) is 0 Å². The number of nitrogens with one attached hydrogen (secondary N) is 1. The molecule has 0 amide bonds. The molecule has 1 aliphatic rings. The highest BCUT2D eigenvalue weighted by Crippen LogP contribution is 2.21. The Morgan fingerprint density at radius 2 is 2.41 bits per heavy atom. The fraction of sp³-hybridized carbons (Fsp3) is 0.769. The SMILES string of the molecule is CC(C)Cn1nccc1CC1(O)CCCNC1. The van der Waals surface area contributed by atoms with Crippen LogP contribution in [0.15, 0.2) is 12.3 Å². The minimum Gasteiger partial charge on any atom is -0.388 e. The Hall–Kier alpha value is -0.870. The van der Waals surface area contributed by atoms with Crippen LogP contribution in [-0.4, -0.2) is 33.6 Å². The molecule has 0 saturated carbocycles. The van der Waals surface area contributed by atoms with Crippen molar-refractivity contribution in [2.45, 2.75) is 45.3 Å². The summed E-state index contributed by atoms with van der Waals surface area (Å²) < 4.78 is 2.03. The summed E-state index contributed by atoms with van der Waals surface area (Å²) in [6.45, 7) is 7.00. The highest BCUT2D eigenvalue weighted by molar-refractivity contribution is 5.06. The van der Waals surface area contributed by atoms with Crippen LogP contribution < -0.4 is 5.32 Å². The molecule has 1 aromatic rings. The largest absolute Gasteiger partial charge is 0.388 e. The minimum absolute atomic E-state index is 0.577. The number of β-amino-alcohol motifs (C(OH)–C–C–N with tert-alkyl or cyclic N) is 1.